The number of alkyl halides is 3. The summed E-state index contributed by atoms with van der Waals surface area (Å²) in [5, 5.41) is 0. The molecule has 0 spiro atoms. The molecule has 2 aromatic rings. The second kappa shape index (κ2) is 6.84. The van der Waals surface area contributed by atoms with Gasteiger partial charge >= 0.3 is 6.18 Å². The van der Waals surface area contributed by atoms with Crippen molar-refractivity contribution in [2.24, 2.45) is 0 Å². The lowest BCUT2D eigenvalue weighted by Gasteiger charge is -2.33. The quantitative estimate of drug-likeness (QED) is 0.831. The van der Waals surface area contributed by atoms with Crippen LogP contribution in [0.5, 0.6) is 0 Å². The van der Waals surface area contributed by atoms with Crippen LogP contribution in [-0.4, -0.2) is 35.5 Å². The first kappa shape index (κ1) is 17.4. The van der Waals surface area contributed by atoms with Gasteiger partial charge in [0.15, 0.2) is 0 Å². The number of aromatic nitrogens is 1. The maximum atomic E-state index is 12.7. The largest absolute Gasteiger partial charge is 0.433 e. The van der Waals surface area contributed by atoms with Crippen molar-refractivity contribution in [3.63, 3.8) is 0 Å². The molecule has 0 aliphatic carbocycles. The summed E-state index contributed by atoms with van der Waals surface area (Å²) in [5.74, 6) is -0.331. The number of carbonyl (C=O) groups is 1. The summed E-state index contributed by atoms with van der Waals surface area (Å²) in [7, 11) is 0. The molecule has 1 aliphatic rings. The predicted molar refractivity (Wildman–Crippen MR) is 85.0 cm³/mol. The van der Waals surface area contributed by atoms with Crippen molar-refractivity contribution in [1.29, 1.82) is 0 Å². The van der Waals surface area contributed by atoms with Gasteiger partial charge < -0.3 is 9.64 Å². The summed E-state index contributed by atoms with van der Waals surface area (Å²) in [4.78, 5) is 17.8. The molecule has 132 valence electrons. The maximum absolute atomic E-state index is 12.7. The van der Waals surface area contributed by atoms with Crippen LogP contribution < -0.4 is 0 Å². The van der Waals surface area contributed by atoms with Crippen LogP contribution in [0.15, 0.2) is 42.5 Å². The Morgan fingerprint density at radius 2 is 1.92 bits per heavy atom. The lowest BCUT2D eigenvalue weighted by atomic mass is 10.1. The molecule has 7 heteroatoms. The van der Waals surface area contributed by atoms with Gasteiger partial charge in [-0.05, 0) is 24.6 Å². The molecule has 2 heterocycles. The summed E-state index contributed by atoms with van der Waals surface area (Å²) in [5.41, 5.74) is 0.220. The van der Waals surface area contributed by atoms with E-state index in [1.807, 2.05) is 30.3 Å². The van der Waals surface area contributed by atoms with E-state index < -0.39 is 11.9 Å². The lowest BCUT2D eigenvalue weighted by molar-refractivity contribution is -0.141. The van der Waals surface area contributed by atoms with E-state index in [2.05, 4.69) is 4.98 Å². The third-order valence-corrected chi connectivity index (χ3v) is 4.13. The smallest absolute Gasteiger partial charge is 0.370 e. The summed E-state index contributed by atoms with van der Waals surface area (Å²) in [6.07, 6.45) is -4.77. The van der Waals surface area contributed by atoms with E-state index >= 15 is 0 Å². The fourth-order valence-corrected chi connectivity index (χ4v) is 2.82. The molecule has 1 saturated heterocycles. The number of hydrogen-bond donors (Lipinski definition) is 0. The van der Waals surface area contributed by atoms with Gasteiger partial charge in [-0.1, -0.05) is 30.3 Å². The highest BCUT2D eigenvalue weighted by Crippen LogP contribution is 2.29. The number of rotatable bonds is 2. The highest BCUT2D eigenvalue weighted by molar-refractivity contribution is 5.95. The molecule has 1 aromatic carbocycles. The van der Waals surface area contributed by atoms with E-state index in [0.29, 0.717) is 19.7 Å². The highest BCUT2D eigenvalue weighted by atomic mass is 19.4. The van der Waals surface area contributed by atoms with Crippen LogP contribution in [0.1, 0.15) is 33.4 Å². The average Bonchev–Trinajstić information content (AvgIpc) is 2.61. The summed E-state index contributed by atoms with van der Waals surface area (Å²) >= 11 is 0. The van der Waals surface area contributed by atoms with Crippen LogP contribution in [0.4, 0.5) is 13.2 Å². The van der Waals surface area contributed by atoms with Crippen molar-refractivity contribution in [2.45, 2.75) is 19.2 Å². The van der Waals surface area contributed by atoms with Crippen LogP contribution in [0.2, 0.25) is 0 Å². The standard InChI is InChI=1S/C18H17F3N2O2/c1-12-14(7-8-16(22-12)18(19,20)21)17(24)23-9-10-25-15(11-23)13-5-3-2-4-6-13/h2-8,15H,9-11H2,1H3. The number of morpholine rings is 1. The van der Waals surface area contributed by atoms with Gasteiger partial charge in [0.05, 0.1) is 24.4 Å². The third kappa shape index (κ3) is 3.82. The van der Waals surface area contributed by atoms with Crippen LogP contribution in [0.3, 0.4) is 0 Å². The van der Waals surface area contributed by atoms with E-state index in [9.17, 15) is 18.0 Å². The van der Waals surface area contributed by atoms with Crippen LogP contribution in [-0.2, 0) is 10.9 Å². The van der Waals surface area contributed by atoms with Crippen molar-refractivity contribution in [1.82, 2.24) is 9.88 Å². The number of hydrogen-bond acceptors (Lipinski definition) is 3. The molecule has 0 bridgehead atoms. The highest BCUT2D eigenvalue weighted by Gasteiger charge is 2.34. The monoisotopic (exact) mass is 350 g/mol. The SMILES string of the molecule is Cc1nc(C(F)(F)F)ccc1C(=O)N1CCOC(c2ccccc2)C1. The third-order valence-electron chi connectivity index (χ3n) is 4.13. The maximum Gasteiger partial charge on any atom is 0.433 e. The minimum absolute atomic E-state index is 0.0718. The van der Waals surface area contributed by atoms with Crippen molar-refractivity contribution in [2.75, 3.05) is 19.7 Å². The van der Waals surface area contributed by atoms with Crippen molar-refractivity contribution in [3.8, 4) is 0 Å². The van der Waals surface area contributed by atoms with Crippen molar-refractivity contribution >= 4 is 5.91 Å². The summed E-state index contributed by atoms with van der Waals surface area (Å²) in [6.45, 7) is 2.53. The first-order valence-corrected chi connectivity index (χ1v) is 7.87. The number of pyridine rings is 1. The zero-order valence-corrected chi connectivity index (χ0v) is 13.6. The number of amides is 1. The number of nitrogens with zero attached hydrogens (tertiary/aromatic N) is 2. The van der Waals surface area contributed by atoms with Crippen LogP contribution >= 0.6 is 0 Å². The first-order valence-electron chi connectivity index (χ1n) is 7.87. The molecule has 0 radical (unpaired) electrons. The van der Waals surface area contributed by atoms with E-state index in [0.717, 1.165) is 11.6 Å². The number of carbonyl (C=O) groups excluding carboxylic acids is 1. The number of benzene rings is 1. The Morgan fingerprint density at radius 3 is 2.56 bits per heavy atom. The molecule has 1 aromatic heterocycles. The number of aryl methyl sites for hydroxylation is 1. The van der Waals surface area contributed by atoms with E-state index in [-0.39, 0.29) is 23.3 Å². The Labute approximate surface area is 143 Å². The lowest BCUT2D eigenvalue weighted by Crippen LogP contribution is -2.42. The molecule has 4 nitrogen and oxygen atoms in total. The van der Waals surface area contributed by atoms with Crippen LogP contribution in [0.25, 0.3) is 0 Å². The van der Waals surface area contributed by atoms with E-state index in [4.69, 9.17) is 4.74 Å². The summed E-state index contributed by atoms with van der Waals surface area (Å²) in [6, 6.07) is 11.6. The van der Waals surface area contributed by atoms with Gasteiger partial charge in [0.1, 0.15) is 11.8 Å². The second-order valence-electron chi connectivity index (χ2n) is 5.85. The molecule has 0 N–H and O–H groups in total. The van der Waals surface area contributed by atoms with Gasteiger partial charge in [-0.2, -0.15) is 13.2 Å². The average molecular weight is 350 g/mol. The summed E-state index contributed by atoms with van der Waals surface area (Å²) < 4.78 is 43.9. The topological polar surface area (TPSA) is 42.4 Å². The molecule has 1 amide bonds. The van der Waals surface area contributed by atoms with Crippen molar-refractivity contribution < 1.29 is 22.7 Å². The molecule has 25 heavy (non-hydrogen) atoms. The van der Waals surface area contributed by atoms with E-state index in [1.54, 1.807) is 4.90 Å². The molecule has 3 rings (SSSR count). The Morgan fingerprint density at radius 1 is 1.20 bits per heavy atom. The van der Waals surface area contributed by atoms with Crippen molar-refractivity contribution in [3.05, 3.63) is 65.0 Å². The number of halogens is 3. The van der Waals surface area contributed by atoms with E-state index in [1.165, 1.54) is 13.0 Å². The number of ether oxygens (including phenoxy) is 1. The predicted octanol–water partition coefficient (Wildman–Crippen LogP) is 3.62. The minimum Gasteiger partial charge on any atom is -0.370 e. The molecular weight excluding hydrogens is 333 g/mol. The molecular formula is C18H17F3N2O2. The van der Waals surface area contributed by atoms with Crippen LogP contribution in [0, 0.1) is 6.92 Å². The Hall–Kier alpha value is -2.41. The molecule has 1 fully saturated rings. The normalized spacial score (nSPS) is 18.2. The second-order valence-corrected chi connectivity index (χ2v) is 5.85. The van der Waals surface area contributed by atoms with Gasteiger partial charge in [0, 0.05) is 6.54 Å². The fraction of sp³-hybridized carbons (Fsp3) is 0.333. The zero-order chi connectivity index (χ0) is 18.0. The Balaban J connectivity index is 1.79. The molecule has 1 atom stereocenters. The molecule has 1 aliphatic heterocycles. The van der Waals surface area contributed by atoms with Gasteiger partial charge in [-0.15, -0.1) is 0 Å². The van der Waals surface area contributed by atoms with Gasteiger partial charge in [0.2, 0.25) is 0 Å². The Kier molecular flexibility index (Phi) is 4.76. The first-order chi connectivity index (χ1) is 11.9. The van der Waals surface area contributed by atoms with Gasteiger partial charge in [0.25, 0.3) is 5.91 Å². The van der Waals surface area contributed by atoms with Gasteiger partial charge in [-0.25, -0.2) is 4.98 Å². The minimum atomic E-state index is -4.52. The molecule has 1 unspecified atom stereocenters. The fourth-order valence-electron chi connectivity index (χ4n) is 2.82. The van der Waals surface area contributed by atoms with Gasteiger partial charge in [-0.3, -0.25) is 4.79 Å². The molecule has 0 saturated carbocycles. The zero-order valence-electron chi connectivity index (χ0n) is 13.6. The Bertz CT molecular complexity index is 763.